The van der Waals surface area contributed by atoms with Crippen LogP contribution >= 0.6 is 34.5 Å². The number of hydrogen-bond acceptors (Lipinski definition) is 3. The number of thiazole rings is 1. The molecule has 88 valence electrons. The molecule has 17 heavy (non-hydrogen) atoms. The molecule has 0 aliphatic rings. The SMILES string of the molecule is Cc1ncsc1C(=O)Cc1ccc(Cl)cc1Cl. The molecule has 2 nitrogen and oxygen atoms in total. The summed E-state index contributed by atoms with van der Waals surface area (Å²) in [5, 5.41) is 1.09. The van der Waals surface area contributed by atoms with E-state index < -0.39 is 0 Å². The van der Waals surface area contributed by atoms with Crippen molar-refractivity contribution in [3.05, 3.63) is 49.9 Å². The number of halogens is 2. The number of nitrogens with zero attached hydrogens (tertiary/aromatic N) is 1. The lowest BCUT2D eigenvalue weighted by molar-refractivity contribution is 0.0996. The lowest BCUT2D eigenvalue weighted by Gasteiger charge is -2.03. The number of Topliss-reactive ketones (excluding diaryl/α,β-unsaturated/α-hetero) is 1. The van der Waals surface area contributed by atoms with Gasteiger partial charge in [-0.2, -0.15) is 0 Å². The molecule has 1 heterocycles. The summed E-state index contributed by atoms with van der Waals surface area (Å²) in [7, 11) is 0. The first-order chi connectivity index (χ1) is 8.08. The van der Waals surface area contributed by atoms with Crippen molar-refractivity contribution in [1.82, 2.24) is 4.98 Å². The fraction of sp³-hybridized carbons (Fsp3) is 0.167. The molecular formula is C12H9Cl2NOS. The molecule has 0 N–H and O–H groups in total. The van der Waals surface area contributed by atoms with Gasteiger partial charge in [-0.15, -0.1) is 11.3 Å². The molecular weight excluding hydrogens is 277 g/mol. The van der Waals surface area contributed by atoms with Gasteiger partial charge in [0, 0.05) is 16.5 Å². The van der Waals surface area contributed by atoms with E-state index in [1.165, 1.54) is 11.3 Å². The van der Waals surface area contributed by atoms with Gasteiger partial charge in [-0.05, 0) is 24.6 Å². The number of carbonyl (C=O) groups is 1. The van der Waals surface area contributed by atoms with E-state index in [0.29, 0.717) is 14.9 Å². The van der Waals surface area contributed by atoms with Crippen LogP contribution in [0, 0.1) is 6.92 Å². The molecule has 1 aromatic carbocycles. The maximum atomic E-state index is 12.0. The lowest BCUT2D eigenvalue weighted by atomic mass is 10.1. The number of aromatic nitrogens is 1. The smallest absolute Gasteiger partial charge is 0.179 e. The normalized spacial score (nSPS) is 10.5. The zero-order valence-electron chi connectivity index (χ0n) is 9.04. The summed E-state index contributed by atoms with van der Waals surface area (Å²) in [6, 6.07) is 5.15. The first-order valence-electron chi connectivity index (χ1n) is 4.95. The number of hydrogen-bond donors (Lipinski definition) is 0. The molecule has 0 atom stereocenters. The van der Waals surface area contributed by atoms with Gasteiger partial charge < -0.3 is 0 Å². The monoisotopic (exact) mass is 285 g/mol. The largest absolute Gasteiger partial charge is 0.293 e. The van der Waals surface area contributed by atoms with Gasteiger partial charge in [0.15, 0.2) is 5.78 Å². The number of rotatable bonds is 3. The number of aryl methyl sites for hydroxylation is 1. The van der Waals surface area contributed by atoms with Crippen LogP contribution < -0.4 is 0 Å². The average molecular weight is 286 g/mol. The highest BCUT2D eigenvalue weighted by Crippen LogP contribution is 2.23. The Balaban J connectivity index is 2.22. The second kappa shape index (κ2) is 5.17. The Morgan fingerprint density at radius 1 is 1.41 bits per heavy atom. The molecule has 0 amide bonds. The summed E-state index contributed by atoms with van der Waals surface area (Å²) in [6.07, 6.45) is 0.277. The minimum absolute atomic E-state index is 0.0363. The Hall–Kier alpha value is -0.900. The van der Waals surface area contributed by atoms with Crippen molar-refractivity contribution in [1.29, 1.82) is 0 Å². The van der Waals surface area contributed by atoms with Gasteiger partial charge in [0.05, 0.1) is 16.1 Å². The van der Waals surface area contributed by atoms with E-state index in [-0.39, 0.29) is 12.2 Å². The molecule has 0 aliphatic heterocycles. The Bertz CT molecular complexity index is 565. The predicted molar refractivity (Wildman–Crippen MR) is 71.3 cm³/mol. The summed E-state index contributed by atoms with van der Waals surface area (Å²) < 4.78 is 0. The van der Waals surface area contributed by atoms with Crippen LogP contribution in [0.2, 0.25) is 10.0 Å². The second-order valence-electron chi connectivity index (χ2n) is 3.60. The standard InChI is InChI=1S/C12H9Cl2NOS/c1-7-12(17-6-15-7)11(16)4-8-2-3-9(13)5-10(8)14/h2-3,5-6H,4H2,1H3. The molecule has 0 unspecified atom stereocenters. The van der Waals surface area contributed by atoms with Crippen molar-refractivity contribution >= 4 is 40.3 Å². The lowest BCUT2D eigenvalue weighted by Crippen LogP contribution is -2.03. The van der Waals surface area contributed by atoms with Crippen LogP contribution in [0.25, 0.3) is 0 Å². The number of ketones is 1. The first-order valence-corrected chi connectivity index (χ1v) is 6.58. The molecule has 0 saturated heterocycles. The van der Waals surface area contributed by atoms with Crippen molar-refractivity contribution in [2.75, 3.05) is 0 Å². The zero-order chi connectivity index (χ0) is 12.4. The van der Waals surface area contributed by atoms with Crippen molar-refractivity contribution in [3.8, 4) is 0 Å². The summed E-state index contributed by atoms with van der Waals surface area (Å²) in [5.41, 5.74) is 3.23. The van der Waals surface area contributed by atoms with E-state index in [1.807, 2.05) is 6.92 Å². The van der Waals surface area contributed by atoms with Gasteiger partial charge in [0.25, 0.3) is 0 Å². The van der Waals surface area contributed by atoms with Gasteiger partial charge in [-0.3, -0.25) is 4.79 Å². The maximum Gasteiger partial charge on any atom is 0.179 e. The van der Waals surface area contributed by atoms with Crippen LogP contribution in [0.1, 0.15) is 20.9 Å². The molecule has 0 radical (unpaired) electrons. The van der Waals surface area contributed by atoms with Gasteiger partial charge >= 0.3 is 0 Å². The highest BCUT2D eigenvalue weighted by Gasteiger charge is 2.14. The Morgan fingerprint density at radius 2 is 2.18 bits per heavy atom. The van der Waals surface area contributed by atoms with Crippen LogP contribution in [0.3, 0.4) is 0 Å². The number of benzene rings is 1. The minimum Gasteiger partial charge on any atom is -0.293 e. The first kappa shape index (κ1) is 12.6. The van der Waals surface area contributed by atoms with E-state index in [1.54, 1.807) is 23.7 Å². The molecule has 0 fully saturated rings. The summed E-state index contributed by atoms with van der Waals surface area (Å²) in [4.78, 5) is 16.8. The van der Waals surface area contributed by atoms with E-state index in [2.05, 4.69) is 4.98 Å². The van der Waals surface area contributed by atoms with E-state index in [9.17, 15) is 4.79 Å². The van der Waals surface area contributed by atoms with E-state index in [4.69, 9.17) is 23.2 Å². The molecule has 1 aromatic heterocycles. The summed E-state index contributed by atoms with van der Waals surface area (Å²) in [5.74, 6) is 0.0363. The minimum atomic E-state index is 0.0363. The van der Waals surface area contributed by atoms with Crippen LogP contribution in [0.5, 0.6) is 0 Å². The fourth-order valence-corrected chi connectivity index (χ4v) is 2.71. The summed E-state index contributed by atoms with van der Waals surface area (Å²) >= 11 is 13.2. The van der Waals surface area contributed by atoms with Gasteiger partial charge in [0.2, 0.25) is 0 Å². The average Bonchev–Trinajstić information content (AvgIpc) is 2.68. The Morgan fingerprint density at radius 3 is 2.76 bits per heavy atom. The van der Waals surface area contributed by atoms with E-state index in [0.717, 1.165) is 11.3 Å². The number of carbonyl (C=O) groups excluding carboxylic acids is 1. The van der Waals surface area contributed by atoms with Crippen LogP contribution in [0.15, 0.2) is 23.7 Å². The van der Waals surface area contributed by atoms with Crippen LogP contribution in [-0.2, 0) is 6.42 Å². The molecule has 5 heteroatoms. The highest BCUT2D eigenvalue weighted by atomic mass is 35.5. The van der Waals surface area contributed by atoms with Crippen LogP contribution in [-0.4, -0.2) is 10.8 Å². The van der Waals surface area contributed by atoms with Crippen molar-refractivity contribution < 1.29 is 4.79 Å². The summed E-state index contributed by atoms with van der Waals surface area (Å²) in [6.45, 7) is 1.83. The molecule has 0 saturated carbocycles. The van der Waals surface area contributed by atoms with Crippen molar-refractivity contribution in [2.45, 2.75) is 13.3 Å². The third kappa shape index (κ3) is 2.86. The highest BCUT2D eigenvalue weighted by molar-refractivity contribution is 7.11. The third-order valence-corrected chi connectivity index (χ3v) is 3.92. The zero-order valence-corrected chi connectivity index (χ0v) is 11.4. The van der Waals surface area contributed by atoms with E-state index >= 15 is 0 Å². The quantitative estimate of drug-likeness (QED) is 0.792. The molecule has 0 spiro atoms. The van der Waals surface area contributed by atoms with Gasteiger partial charge in [0.1, 0.15) is 0 Å². The molecule has 0 aliphatic carbocycles. The van der Waals surface area contributed by atoms with Crippen molar-refractivity contribution in [3.63, 3.8) is 0 Å². The topological polar surface area (TPSA) is 30.0 Å². The maximum absolute atomic E-state index is 12.0. The second-order valence-corrected chi connectivity index (χ2v) is 5.30. The molecule has 0 bridgehead atoms. The van der Waals surface area contributed by atoms with Gasteiger partial charge in [-0.25, -0.2) is 4.98 Å². The fourth-order valence-electron chi connectivity index (χ4n) is 1.49. The third-order valence-electron chi connectivity index (χ3n) is 2.36. The predicted octanol–water partition coefficient (Wildman–Crippen LogP) is 4.18. The van der Waals surface area contributed by atoms with Crippen LogP contribution in [0.4, 0.5) is 0 Å². The molecule has 2 rings (SSSR count). The van der Waals surface area contributed by atoms with Gasteiger partial charge in [-0.1, -0.05) is 29.3 Å². The van der Waals surface area contributed by atoms with Crippen molar-refractivity contribution in [2.24, 2.45) is 0 Å². The molecule has 2 aromatic rings. The Labute approximate surface area is 113 Å². The Kier molecular flexibility index (Phi) is 3.82.